The summed E-state index contributed by atoms with van der Waals surface area (Å²) >= 11 is 0. The van der Waals surface area contributed by atoms with E-state index in [1.54, 1.807) is 0 Å². The Balaban J connectivity index is 1.77. The van der Waals surface area contributed by atoms with Crippen LogP contribution in [0.2, 0.25) is 0 Å². The van der Waals surface area contributed by atoms with Gasteiger partial charge in [0.1, 0.15) is 11.3 Å². The highest BCUT2D eigenvalue weighted by Gasteiger charge is 2.31. The Hall–Kier alpha value is -1.28. The van der Waals surface area contributed by atoms with Gasteiger partial charge in [0.2, 0.25) is 0 Å². The molecular weight excluding hydrogens is 198 g/mol. The lowest BCUT2D eigenvalue weighted by atomic mass is 10.2. The van der Waals surface area contributed by atoms with E-state index in [1.165, 1.54) is 17.4 Å². The zero-order valence-corrected chi connectivity index (χ0v) is 9.79. The van der Waals surface area contributed by atoms with Crippen molar-refractivity contribution in [3.05, 3.63) is 35.6 Å². The van der Waals surface area contributed by atoms with Gasteiger partial charge >= 0.3 is 0 Å². The molecule has 2 heteroatoms. The van der Waals surface area contributed by atoms with Crippen molar-refractivity contribution in [1.82, 2.24) is 5.32 Å². The summed E-state index contributed by atoms with van der Waals surface area (Å²) in [7, 11) is 0. The summed E-state index contributed by atoms with van der Waals surface area (Å²) < 4.78 is 5.77. The van der Waals surface area contributed by atoms with Crippen LogP contribution in [0.4, 0.5) is 0 Å². The van der Waals surface area contributed by atoms with Crippen LogP contribution >= 0.6 is 0 Å². The molecule has 1 saturated carbocycles. The molecule has 1 N–H and O–H groups in total. The van der Waals surface area contributed by atoms with Gasteiger partial charge < -0.3 is 9.73 Å². The topological polar surface area (TPSA) is 25.2 Å². The maximum atomic E-state index is 5.77. The Morgan fingerprint density at radius 2 is 2.19 bits per heavy atom. The molecule has 0 aliphatic heterocycles. The van der Waals surface area contributed by atoms with E-state index >= 15 is 0 Å². The first kappa shape index (κ1) is 9.91. The van der Waals surface area contributed by atoms with E-state index in [4.69, 9.17) is 4.42 Å². The molecule has 0 bridgehead atoms. The number of aryl methyl sites for hydroxylation is 1. The van der Waals surface area contributed by atoms with E-state index in [-0.39, 0.29) is 0 Å². The smallest absolute Gasteiger partial charge is 0.134 e. The zero-order chi connectivity index (χ0) is 11.1. The van der Waals surface area contributed by atoms with Crippen LogP contribution in [0.3, 0.4) is 0 Å². The van der Waals surface area contributed by atoms with E-state index in [2.05, 4.69) is 37.4 Å². The third-order valence-electron chi connectivity index (χ3n) is 3.37. The molecule has 0 spiro atoms. The largest absolute Gasteiger partial charge is 0.460 e. The highest BCUT2D eigenvalue weighted by atomic mass is 16.3. The Morgan fingerprint density at radius 3 is 2.94 bits per heavy atom. The minimum absolute atomic E-state index is 0.704. The number of nitrogens with one attached hydrogen (secondary N) is 1. The molecule has 0 saturated heterocycles. The number of hydrogen-bond donors (Lipinski definition) is 1. The first-order valence-electron chi connectivity index (χ1n) is 5.95. The summed E-state index contributed by atoms with van der Waals surface area (Å²) in [5.74, 6) is 1.88. The number of rotatable bonds is 3. The van der Waals surface area contributed by atoms with Gasteiger partial charge in [-0.05, 0) is 37.5 Å². The summed E-state index contributed by atoms with van der Waals surface area (Å²) in [4.78, 5) is 0. The van der Waals surface area contributed by atoms with Crippen molar-refractivity contribution in [2.24, 2.45) is 5.92 Å². The first-order valence-corrected chi connectivity index (χ1v) is 5.95. The van der Waals surface area contributed by atoms with Crippen molar-refractivity contribution in [2.45, 2.75) is 32.9 Å². The van der Waals surface area contributed by atoms with Crippen LogP contribution in [-0.4, -0.2) is 6.04 Å². The van der Waals surface area contributed by atoms with E-state index in [1.807, 2.05) is 6.07 Å². The molecule has 1 aromatic carbocycles. The predicted octanol–water partition coefficient (Wildman–Crippen LogP) is 3.24. The molecule has 2 unspecified atom stereocenters. The Kier molecular flexibility index (Phi) is 2.25. The molecule has 2 nitrogen and oxygen atoms in total. The molecule has 2 atom stereocenters. The van der Waals surface area contributed by atoms with Crippen LogP contribution in [-0.2, 0) is 6.54 Å². The van der Waals surface area contributed by atoms with Gasteiger partial charge in [0.25, 0.3) is 0 Å². The van der Waals surface area contributed by atoms with Gasteiger partial charge in [0.05, 0.1) is 6.54 Å². The van der Waals surface area contributed by atoms with Crippen LogP contribution in [0.1, 0.15) is 24.7 Å². The molecule has 3 rings (SSSR count). The minimum Gasteiger partial charge on any atom is -0.460 e. The van der Waals surface area contributed by atoms with E-state index in [0.29, 0.717) is 6.04 Å². The lowest BCUT2D eigenvalue weighted by Gasteiger charge is -1.98. The fraction of sp³-hybridized carbons (Fsp3) is 0.429. The van der Waals surface area contributed by atoms with Crippen LogP contribution in [0.5, 0.6) is 0 Å². The average molecular weight is 215 g/mol. The Bertz CT molecular complexity index is 514. The number of hydrogen-bond acceptors (Lipinski definition) is 2. The third kappa shape index (κ3) is 1.85. The molecular formula is C14H17NO. The standard InChI is InChI=1S/C14H17NO/c1-9-3-4-14-11(5-9)7-12(16-14)8-15-13-6-10(13)2/h3-5,7,10,13,15H,6,8H2,1-2H3. The van der Waals surface area contributed by atoms with Crippen LogP contribution in [0.15, 0.2) is 28.7 Å². The zero-order valence-electron chi connectivity index (χ0n) is 9.79. The summed E-state index contributed by atoms with van der Waals surface area (Å²) in [6.45, 7) is 5.23. The van der Waals surface area contributed by atoms with Crippen molar-refractivity contribution < 1.29 is 4.42 Å². The maximum Gasteiger partial charge on any atom is 0.134 e. The van der Waals surface area contributed by atoms with Gasteiger partial charge in [-0.1, -0.05) is 18.6 Å². The molecule has 16 heavy (non-hydrogen) atoms. The van der Waals surface area contributed by atoms with Gasteiger partial charge in [-0.25, -0.2) is 0 Å². The molecule has 84 valence electrons. The van der Waals surface area contributed by atoms with E-state index in [0.717, 1.165) is 23.8 Å². The van der Waals surface area contributed by atoms with Crippen molar-refractivity contribution in [3.63, 3.8) is 0 Å². The summed E-state index contributed by atoms with van der Waals surface area (Å²) in [6, 6.07) is 9.15. The van der Waals surface area contributed by atoms with Crippen molar-refractivity contribution in [2.75, 3.05) is 0 Å². The number of furan rings is 1. The highest BCUT2D eigenvalue weighted by Crippen LogP contribution is 2.29. The van der Waals surface area contributed by atoms with Gasteiger partial charge in [-0.15, -0.1) is 0 Å². The molecule has 1 fully saturated rings. The Labute approximate surface area is 95.6 Å². The lowest BCUT2D eigenvalue weighted by molar-refractivity contribution is 0.507. The lowest BCUT2D eigenvalue weighted by Crippen LogP contribution is -2.16. The van der Waals surface area contributed by atoms with E-state index < -0.39 is 0 Å². The second kappa shape index (κ2) is 3.63. The monoisotopic (exact) mass is 215 g/mol. The summed E-state index contributed by atoms with van der Waals surface area (Å²) in [5, 5.41) is 4.71. The van der Waals surface area contributed by atoms with Gasteiger partial charge in [0, 0.05) is 11.4 Å². The third-order valence-corrected chi connectivity index (χ3v) is 3.37. The van der Waals surface area contributed by atoms with Gasteiger partial charge in [-0.2, -0.15) is 0 Å². The SMILES string of the molecule is Cc1ccc2oc(CNC3CC3C)cc2c1. The minimum atomic E-state index is 0.704. The molecule has 2 aromatic rings. The van der Waals surface area contributed by atoms with Gasteiger partial charge in [-0.3, -0.25) is 0 Å². The fourth-order valence-corrected chi connectivity index (χ4v) is 2.14. The maximum absolute atomic E-state index is 5.77. The quantitative estimate of drug-likeness (QED) is 0.850. The van der Waals surface area contributed by atoms with Crippen LogP contribution in [0, 0.1) is 12.8 Å². The van der Waals surface area contributed by atoms with Crippen molar-refractivity contribution in [1.29, 1.82) is 0 Å². The Morgan fingerprint density at radius 1 is 1.38 bits per heavy atom. The summed E-state index contributed by atoms with van der Waals surface area (Å²) in [5.41, 5.74) is 2.27. The molecule has 1 aliphatic carbocycles. The summed E-state index contributed by atoms with van der Waals surface area (Å²) in [6.07, 6.45) is 1.30. The number of fused-ring (bicyclic) bond motifs is 1. The second-order valence-electron chi connectivity index (χ2n) is 4.95. The molecule has 1 aromatic heterocycles. The van der Waals surface area contributed by atoms with Gasteiger partial charge in [0.15, 0.2) is 0 Å². The highest BCUT2D eigenvalue weighted by molar-refractivity contribution is 5.78. The molecule has 0 radical (unpaired) electrons. The average Bonchev–Trinajstić information content (AvgIpc) is 2.81. The molecule has 1 heterocycles. The normalized spacial score (nSPS) is 23.9. The predicted molar refractivity (Wildman–Crippen MR) is 65.4 cm³/mol. The number of benzene rings is 1. The molecule has 1 aliphatic rings. The van der Waals surface area contributed by atoms with Crippen LogP contribution < -0.4 is 5.32 Å². The van der Waals surface area contributed by atoms with E-state index in [9.17, 15) is 0 Å². The van der Waals surface area contributed by atoms with Crippen molar-refractivity contribution >= 4 is 11.0 Å². The fourth-order valence-electron chi connectivity index (χ4n) is 2.14. The second-order valence-corrected chi connectivity index (χ2v) is 4.95. The molecule has 0 amide bonds. The van der Waals surface area contributed by atoms with Crippen molar-refractivity contribution in [3.8, 4) is 0 Å². The first-order chi connectivity index (χ1) is 7.72. The van der Waals surface area contributed by atoms with Crippen LogP contribution in [0.25, 0.3) is 11.0 Å².